The predicted molar refractivity (Wildman–Crippen MR) is 62.9 cm³/mol. The Kier molecular flexibility index (Phi) is 4.62. The molecule has 1 amide bonds. The molecule has 0 bridgehead atoms. The van der Waals surface area contributed by atoms with Crippen LogP contribution in [-0.2, 0) is 4.79 Å². The zero-order valence-electron chi connectivity index (χ0n) is 9.28. The largest absolute Gasteiger partial charge is 0.442 e. The monoisotopic (exact) mass is 274 g/mol. The summed E-state index contributed by atoms with van der Waals surface area (Å²) in [6.45, 7) is 1.17. The number of hydrogen-bond acceptors (Lipinski definition) is 3. The minimum Gasteiger partial charge on any atom is -0.325 e. The van der Waals surface area contributed by atoms with Crippen molar-refractivity contribution in [3.63, 3.8) is 0 Å². The Bertz CT molecular complexity index is 482. The first kappa shape index (κ1) is 14.4. The Labute approximate surface area is 106 Å². The fraction of sp³-hybridized carbons (Fsp3) is 0.273. The SMILES string of the molecule is C[C@@H](SC(F)(F)F)C(=O)Nc1cccc(C#N)c1. The molecule has 0 saturated heterocycles. The zero-order chi connectivity index (χ0) is 13.8. The lowest BCUT2D eigenvalue weighted by atomic mass is 10.2. The number of alkyl halides is 3. The summed E-state index contributed by atoms with van der Waals surface area (Å²) < 4.78 is 36.2. The van der Waals surface area contributed by atoms with Crippen molar-refractivity contribution >= 4 is 23.4 Å². The number of hydrogen-bond donors (Lipinski definition) is 1. The van der Waals surface area contributed by atoms with Crippen molar-refractivity contribution in [2.75, 3.05) is 5.32 Å². The van der Waals surface area contributed by atoms with Crippen LogP contribution in [0.2, 0.25) is 0 Å². The normalized spacial score (nSPS) is 12.6. The molecule has 0 aromatic heterocycles. The number of nitrogens with zero attached hydrogens (tertiary/aromatic N) is 1. The van der Waals surface area contributed by atoms with E-state index < -0.39 is 16.7 Å². The molecule has 1 atom stereocenters. The Morgan fingerprint density at radius 2 is 2.17 bits per heavy atom. The topological polar surface area (TPSA) is 52.9 Å². The number of rotatable bonds is 3. The standard InChI is InChI=1S/C11H9F3N2OS/c1-7(18-11(12,13)14)10(17)16-9-4-2-3-8(5-9)6-15/h2-5,7H,1H3,(H,16,17)/t7-/m1/s1. The third-order valence-corrected chi connectivity index (χ3v) is 2.77. The quantitative estimate of drug-likeness (QED) is 0.921. The van der Waals surface area contributed by atoms with Gasteiger partial charge in [-0.25, -0.2) is 0 Å². The van der Waals surface area contributed by atoms with Crippen LogP contribution in [0.1, 0.15) is 12.5 Å². The van der Waals surface area contributed by atoms with Crippen molar-refractivity contribution in [1.29, 1.82) is 5.26 Å². The molecular formula is C11H9F3N2OS. The molecule has 0 radical (unpaired) electrons. The molecule has 0 aliphatic rings. The Morgan fingerprint density at radius 3 is 2.72 bits per heavy atom. The maximum atomic E-state index is 12.1. The molecule has 0 fully saturated rings. The van der Waals surface area contributed by atoms with Gasteiger partial charge in [0.2, 0.25) is 5.91 Å². The van der Waals surface area contributed by atoms with E-state index in [0.717, 1.165) is 0 Å². The molecule has 7 heteroatoms. The molecule has 0 saturated carbocycles. The number of carbonyl (C=O) groups excluding carboxylic acids is 1. The molecule has 96 valence electrons. The fourth-order valence-electron chi connectivity index (χ4n) is 1.16. The van der Waals surface area contributed by atoms with Gasteiger partial charge in [-0.05, 0) is 36.9 Å². The number of thioether (sulfide) groups is 1. The third-order valence-electron chi connectivity index (χ3n) is 1.94. The van der Waals surface area contributed by atoms with Crippen LogP contribution in [0.4, 0.5) is 18.9 Å². The summed E-state index contributed by atoms with van der Waals surface area (Å²) in [6, 6.07) is 7.84. The molecule has 1 aromatic rings. The number of halogens is 3. The van der Waals surface area contributed by atoms with Gasteiger partial charge in [0.25, 0.3) is 0 Å². The zero-order valence-corrected chi connectivity index (χ0v) is 10.1. The minimum atomic E-state index is -4.45. The van der Waals surface area contributed by atoms with Crippen molar-refractivity contribution in [2.24, 2.45) is 0 Å². The van der Waals surface area contributed by atoms with Crippen LogP contribution in [0.3, 0.4) is 0 Å². The first-order valence-corrected chi connectivity index (χ1v) is 5.75. The van der Waals surface area contributed by atoms with Gasteiger partial charge in [0.05, 0.1) is 16.9 Å². The van der Waals surface area contributed by atoms with E-state index in [1.54, 1.807) is 0 Å². The van der Waals surface area contributed by atoms with Gasteiger partial charge in [-0.15, -0.1) is 0 Å². The van der Waals surface area contributed by atoms with Crippen molar-refractivity contribution in [1.82, 2.24) is 0 Å². The van der Waals surface area contributed by atoms with Crippen LogP contribution < -0.4 is 5.32 Å². The van der Waals surface area contributed by atoms with Crippen LogP contribution in [0.5, 0.6) is 0 Å². The molecule has 0 heterocycles. The highest BCUT2D eigenvalue weighted by Crippen LogP contribution is 2.34. The summed E-state index contributed by atoms with van der Waals surface area (Å²) in [5, 5.41) is 9.72. The summed E-state index contributed by atoms with van der Waals surface area (Å²) in [5.74, 6) is -0.757. The van der Waals surface area contributed by atoms with E-state index in [4.69, 9.17) is 5.26 Å². The molecule has 1 rings (SSSR count). The van der Waals surface area contributed by atoms with Gasteiger partial charge in [-0.2, -0.15) is 18.4 Å². The van der Waals surface area contributed by atoms with E-state index in [2.05, 4.69) is 5.32 Å². The van der Waals surface area contributed by atoms with Crippen LogP contribution in [-0.4, -0.2) is 16.7 Å². The van der Waals surface area contributed by atoms with E-state index in [9.17, 15) is 18.0 Å². The Balaban J connectivity index is 2.67. The van der Waals surface area contributed by atoms with Gasteiger partial charge in [0.1, 0.15) is 0 Å². The Hall–Kier alpha value is -1.68. The van der Waals surface area contributed by atoms with E-state index in [0.29, 0.717) is 11.3 Å². The molecule has 1 aromatic carbocycles. The second-order valence-corrected chi connectivity index (χ2v) is 4.79. The van der Waals surface area contributed by atoms with E-state index in [1.807, 2.05) is 6.07 Å². The van der Waals surface area contributed by atoms with Gasteiger partial charge < -0.3 is 5.32 Å². The van der Waals surface area contributed by atoms with Crippen molar-refractivity contribution in [2.45, 2.75) is 17.7 Å². The maximum absolute atomic E-state index is 12.1. The summed E-state index contributed by atoms with van der Waals surface area (Å²) in [6.07, 6.45) is 0. The summed E-state index contributed by atoms with van der Waals surface area (Å²) in [4.78, 5) is 11.5. The average molecular weight is 274 g/mol. The first-order valence-electron chi connectivity index (χ1n) is 4.87. The second-order valence-electron chi connectivity index (χ2n) is 3.39. The van der Waals surface area contributed by atoms with E-state index in [1.165, 1.54) is 31.2 Å². The highest BCUT2D eigenvalue weighted by molar-refractivity contribution is 8.01. The molecule has 18 heavy (non-hydrogen) atoms. The lowest BCUT2D eigenvalue weighted by molar-refractivity contribution is -0.115. The molecule has 0 aliphatic heterocycles. The van der Waals surface area contributed by atoms with Gasteiger partial charge in [-0.3, -0.25) is 4.79 Å². The summed E-state index contributed by atoms with van der Waals surface area (Å²) in [7, 11) is 0. The summed E-state index contributed by atoms with van der Waals surface area (Å²) >= 11 is -0.383. The number of benzene rings is 1. The number of carbonyl (C=O) groups is 1. The second kappa shape index (κ2) is 5.78. The maximum Gasteiger partial charge on any atom is 0.442 e. The van der Waals surface area contributed by atoms with Crippen molar-refractivity contribution in [3.8, 4) is 6.07 Å². The van der Waals surface area contributed by atoms with Crippen LogP contribution in [0, 0.1) is 11.3 Å². The number of nitrogens with one attached hydrogen (secondary N) is 1. The van der Waals surface area contributed by atoms with Gasteiger partial charge in [0, 0.05) is 5.69 Å². The smallest absolute Gasteiger partial charge is 0.325 e. The van der Waals surface area contributed by atoms with E-state index >= 15 is 0 Å². The molecule has 1 N–H and O–H groups in total. The highest BCUT2D eigenvalue weighted by atomic mass is 32.2. The number of nitriles is 1. The molecule has 0 unspecified atom stereocenters. The highest BCUT2D eigenvalue weighted by Gasteiger charge is 2.34. The summed E-state index contributed by atoms with van der Waals surface area (Å²) in [5.41, 5.74) is -3.83. The van der Waals surface area contributed by atoms with Crippen molar-refractivity contribution in [3.05, 3.63) is 29.8 Å². The van der Waals surface area contributed by atoms with Crippen LogP contribution >= 0.6 is 11.8 Å². The third kappa shape index (κ3) is 4.67. The molecule has 0 spiro atoms. The predicted octanol–water partition coefficient (Wildman–Crippen LogP) is 3.14. The molecule has 3 nitrogen and oxygen atoms in total. The van der Waals surface area contributed by atoms with E-state index in [-0.39, 0.29) is 11.8 Å². The lowest BCUT2D eigenvalue weighted by Gasteiger charge is -2.13. The number of anilines is 1. The van der Waals surface area contributed by atoms with Crippen molar-refractivity contribution < 1.29 is 18.0 Å². The van der Waals surface area contributed by atoms with Gasteiger partial charge in [-0.1, -0.05) is 6.07 Å². The first-order chi connectivity index (χ1) is 8.31. The molecule has 0 aliphatic carbocycles. The van der Waals surface area contributed by atoms with Gasteiger partial charge in [0.15, 0.2) is 0 Å². The number of amides is 1. The fourth-order valence-corrected chi connectivity index (χ4v) is 1.73. The Morgan fingerprint density at radius 1 is 1.50 bits per heavy atom. The minimum absolute atomic E-state index is 0.300. The lowest BCUT2D eigenvalue weighted by Crippen LogP contribution is -2.25. The van der Waals surface area contributed by atoms with Crippen LogP contribution in [0.25, 0.3) is 0 Å². The van der Waals surface area contributed by atoms with Gasteiger partial charge >= 0.3 is 5.51 Å². The molecular weight excluding hydrogens is 265 g/mol. The average Bonchev–Trinajstić information content (AvgIpc) is 2.27. The van der Waals surface area contributed by atoms with Crippen LogP contribution in [0.15, 0.2) is 24.3 Å².